The van der Waals surface area contributed by atoms with E-state index in [2.05, 4.69) is 20.8 Å². The maximum absolute atomic E-state index is 11.9. The first kappa shape index (κ1) is 16.4. The summed E-state index contributed by atoms with van der Waals surface area (Å²) in [7, 11) is 0. The van der Waals surface area contributed by atoms with Gasteiger partial charge in [-0.25, -0.2) is 0 Å². The molecule has 0 atom stereocenters. The Morgan fingerprint density at radius 1 is 0.920 bits per heavy atom. The molecule has 126 valence electrons. The van der Waals surface area contributed by atoms with Crippen LogP contribution in [0.5, 0.6) is 0 Å². The summed E-state index contributed by atoms with van der Waals surface area (Å²) < 4.78 is 5.40. The Morgan fingerprint density at radius 3 is 2.32 bits per heavy atom. The van der Waals surface area contributed by atoms with Gasteiger partial charge < -0.3 is 9.73 Å². The molecule has 25 heavy (non-hydrogen) atoms. The molecule has 3 aromatic rings. The van der Waals surface area contributed by atoms with E-state index >= 15 is 0 Å². The summed E-state index contributed by atoms with van der Waals surface area (Å²) in [6, 6.07) is 18.1. The van der Waals surface area contributed by atoms with Gasteiger partial charge in [-0.2, -0.15) is 0 Å². The number of carbonyl (C=O) groups is 2. The second kappa shape index (κ2) is 7.87. The molecule has 0 spiro atoms. The van der Waals surface area contributed by atoms with Gasteiger partial charge in [-0.15, -0.1) is 5.10 Å². The Kier molecular flexibility index (Phi) is 5.16. The average Bonchev–Trinajstić information content (AvgIpc) is 3.11. The van der Waals surface area contributed by atoms with Gasteiger partial charge in [0.25, 0.3) is 5.91 Å². The molecule has 0 aliphatic rings. The molecule has 3 rings (SSSR count). The number of hydrogen-bond acceptors (Lipinski definition) is 5. The quantitative estimate of drug-likeness (QED) is 0.721. The predicted octanol–water partition coefficient (Wildman–Crippen LogP) is 2.50. The summed E-state index contributed by atoms with van der Waals surface area (Å²) in [6.45, 7) is 0.208. The van der Waals surface area contributed by atoms with Crippen LogP contribution in [0.1, 0.15) is 16.8 Å². The Balaban J connectivity index is 1.47. The molecule has 7 heteroatoms. The highest BCUT2D eigenvalue weighted by Crippen LogP contribution is 2.18. The second-order valence-corrected chi connectivity index (χ2v) is 5.20. The third-order valence-electron chi connectivity index (χ3n) is 3.37. The van der Waals surface area contributed by atoms with Gasteiger partial charge >= 0.3 is 6.01 Å². The molecule has 0 aliphatic heterocycles. The lowest BCUT2D eigenvalue weighted by molar-refractivity contribution is -0.116. The van der Waals surface area contributed by atoms with Gasteiger partial charge in [0.2, 0.25) is 11.8 Å². The van der Waals surface area contributed by atoms with Crippen molar-refractivity contribution in [2.45, 2.75) is 6.42 Å². The van der Waals surface area contributed by atoms with Crippen LogP contribution in [-0.4, -0.2) is 28.6 Å². The van der Waals surface area contributed by atoms with Crippen molar-refractivity contribution in [3.63, 3.8) is 0 Å². The first-order valence-electron chi connectivity index (χ1n) is 7.74. The van der Waals surface area contributed by atoms with E-state index in [0.717, 1.165) is 5.56 Å². The lowest BCUT2D eigenvalue weighted by atomic mass is 10.2. The zero-order valence-electron chi connectivity index (χ0n) is 13.3. The van der Waals surface area contributed by atoms with Crippen LogP contribution in [0.25, 0.3) is 11.5 Å². The molecule has 0 radical (unpaired) electrons. The summed E-state index contributed by atoms with van der Waals surface area (Å²) in [4.78, 5) is 23.7. The number of nitrogens with zero attached hydrogens (tertiary/aromatic N) is 2. The minimum absolute atomic E-state index is 0.0261. The van der Waals surface area contributed by atoms with Crippen LogP contribution in [-0.2, 0) is 4.79 Å². The van der Waals surface area contributed by atoms with E-state index in [9.17, 15) is 9.59 Å². The van der Waals surface area contributed by atoms with E-state index in [1.807, 2.05) is 36.4 Å². The number of amides is 2. The SMILES string of the molecule is O=C(CCNC(=O)c1ccccc1)Nc1nnc(-c2ccccc2)o1. The third-order valence-corrected chi connectivity index (χ3v) is 3.37. The van der Waals surface area contributed by atoms with Crippen molar-refractivity contribution in [2.24, 2.45) is 0 Å². The van der Waals surface area contributed by atoms with Crippen molar-refractivity contribution < 1.29 is 14.0 Å². The first-order valence-corrected chi connectivity index (χ1v) is 7.74. The molecule has 2 N–H and O–H groups in total. The smallest absolute Gasteiger partial charge is 0.322 e. The lowest BCUT2D eigenvalue weighted by Gasteiger charge is -2.04. The standard InChI is InChI=1S/C18H16N4O3/c23-15(11-12-19-16(24)13-7-3-1-4-8-13)20-18-22-21-17(25-18)14-9-5-2-6-10-14/h1-10H,11-12H2,(H,19,24)(H,20,22,23). The Hall–Kier alpha value is -3.48. The highest BCUT2D eigenvalue weighted by atomic mass is 16.4. The third kappa shape index (κ3) is 4.51. The summed E-state index contributed by atoms with van der Waals surface area (Å²) >= 11 is 0. The normalized spacial score (nSPS) is 10.2. The predicted molar refractivity (Wildman–Crippen MR) is 91.8 cm³/mol. The fraction of sp³-hybridized carbons (Fsp3) is 0.111. The highest BCUT2D eigenvalue weighted by molar-refractivity contribution is 5.94. The lowest BCUT2D eigenvalue weighted by Crippen LogP contribution is -2.27. The molecule has 1 aromatic heterocycles. The molecule has 0 unspecified atom stereocenters. The zero-order valence-corrected chi connectivity index (χ0v) is 13.3. The van der Waals surface area contributed by atoms with E-state index in [0.29, 0.717) is 11.5 Å². The molecule has 2 amide bonds. The van der Waals surface area contributed by atoms with Gasteiger partial charge in [-0.05, 0) is 24.3 Å². The number of nitrogens with one attached hydrogen (secondary N) is 2. The van der Waals surface area contributed by atoms with Crippen molar-refractivity contribution >= 4 is 17.8 Å². The molecule has 0 bridgehead atoms. The molecular weight excluding hydrogens is 320 g/mol. The van der Waals surface area contributed by atoms with Gasteiger partial charge in [0.1, 0.15) is 0 Å². The van der Waals surface area contributed by atoms with Crippen LogP contribution >= 0.6 is 0 Å². The first-order chi connectivity index (χ1) is 12.2. The highest BCUT2D eigenvalue weighted by Gasteiger charge is 2.11. The van der Waals surface area contributed by atoms with Crippen LogP contribution in [0, 0.1) is 0 Å². The van der Waals surface area contributed by atoms with Crippen LogP contribution in [0.2, 0.25) is 0 Å². The van der Waals surface area contributed by atoms with E-state index in [4.69, 9.17) is 4.42 Å². The maximum Gasteiger partial charge on any atom is 0.322 e. The molecule has 0 aliphatic carbocycles. The van der Waals surface area contributed by atoms with Crippen molar-refractivity contribution in [2.75, 3.05) is 11.9 Å². The molecular formula is C18H16N4O3. The Morgan fingerprint density at radius 2 is 1.60 bits per heavy atom. The molecule has 0 saturated heterocycles. The molecule has 2 aromatic carbocycles. The maximum atomic E-state index is 11.9. The van der Waals surface area contributed by atoms with Gasteiger partial charge in [0.05, 0.1) is 0 Å². The summed E-state index contributed by atoms with van der Waals surface area (Å²) in [6.07, 6.45) is 0.0988. The number of hydrogen-bond donors (Lipinski definition) is 2. The molecule has 1 heterocycles. The number of rotatable bonds is 6. The Labute approximate surface area is 144 Å². The summed E-state index contributed by atoms with van der Waals surface area (Å²) in [5.41, 5.74) is 1.32. The fourth-order valence-corrected chi connectivity index (χ4v) is 2.13. The van der Waals surface area contributed by atoms with E-state index in [-0.39, 0.29) is 30.8 Å². The molecule has 0 fully saturated rings. The fourth-order valence-electron chi connectivity index (χ4n) is 2.13. The topological polar surface area (TPSA) is 97.1 Å². The monoisotopic (exact) mass is 336 g/mol. The van der Waals surface area contributed by atoms with E-state index < -0.39 is 0 Å². The number of benzene rings is 2. The van der Waals surface area contributed by atoms with Crippen molar-refractivity contribution in [1.82, 2.24) is 15.5 Å². The largest absolute Gasteiger partial charge is 0.403 e. The number of aromatic nitrogens is 2. The van der Waals surface area contributed by atoms with Gasteiger partial charge in [0, 0.05) is 24.1 Å². The van der Waals surface area contributed by atoms with Crippen molar-refractivity contribution in [3.05, 3.63) is 66.2 Å². The molecule has 7 nitrogen and oxygen atoms in total. The van der Waals surface area contributed by atoms with Gasteiger partial charge in [0.15, 0.2) is 0 Å². The summed E-state index contributed by atoms with van der Waals surface area (Å²) in [5, 5.41) is 12.9. The molecule has 0 saturated carbocycles. The number of anilines is 1. The minimum Gasteiger partial charge on any atom is -0.403 e. The second-order valence-electron chi connectivity index (χ2n) is 5.20. The van der Waals surface area contributed by atoms with Crippen molar-refractivity contribution in [1.29, 1.82) is 0 Å². The van der Waals surface area contributed by atoms with Crippen LogP contribution in [0.3, 0.4) is 0 Å². The average molecular weight is 336 g/mol. The van der Waals surface area contributed by atoms with Crippen LogP contribution in [0.4, 0.5) is 6.01 Å². The van der Waals surface area contributed by atoms with Crippen LogP contribution < -0.4 is 10.6 Å². The van der Waals surface area contributed by atoms with E-state index in [1.165, 1.54) is 0 Å². The van der Waals surface area contributed by atoms with Gasteiger partial charge in [-0.1, -0.05) is 41.5 Å². The van der Waals surface area contributed by atoms with Crippen LogP contribution in [0.15, 0.2) is 65.1 Å². The number of carbonyl (C=O) groups excluding carboxylic acids is 2. The van der Waals surface area contributed by atoms with Crippen molar-refractivity contribution in [3.8, 4) is 11.5 Å². The summed E-state index contributed by atoms with van der Waals surface area (Å²) in [5.74, 6) is -0.220. The van der Waals surface area contributed by atoms with Gasteiger partial charge in [-0.3, -0.25) is 14.9 Å². The van der Waals surface area contributed by atoms with E-state index in [1.54, 1.807) is 24.3 Å². The minimum atomic E-state index is -0.323. The Bertz CT molecular complexity index is 847. The zero-order chi connectivity index (χ0) is 17.5.